The molecule has 1 saturated heterocycles. The van der Waals surface area contributed by atoms with Crippen LogP contribution in [0.15, 0.2) is 48.5 Å². The van der Waals surface area contributed by atoms with E-state index >= 15 is 0 Å². The van der Waals surface area contributed by atoms with Gasteiger partial charge in [-0.2, -0.15) is 4.37 Å². The Labute approximate surface area is 162 Å². The number of carbonyl (C=O) groups is 2. The van der Waals surface area contributed by atoms with Crippen molar-refractivity contribution in [3.63, 3.8) is 0 Å². The summed E-state index contributed by atoms with van der Waals surface area (Å²) in [6.45, 7) is 1.66. The summed E-state index contributed by atoms with van der Waals surface area (Å²) < 4.78 is 5.26. The molecule has 2 amide bonds. The van der Waals surface area contributed by atoms with Gasteiger partial charge in [0.05, 0.1) is 4.70 Å². The highest BCUT2D eigenvalue weighted by Crippen LogP contribution is 2.23. The molecule has 0 saturated carbocycles. The largest absolute Gasteiger partial charge is 0.339 e. The van der Waals surface area contributed by atoms with E-state index in [0.29, 0.717) is 16.9 Å². The topological polar surface area (TPSA) is 62.3 Å². The highest BCUT2D eigenvalue weighted by molar-refractivity contribution is 7.13. The molecule has 2 heterocycles. The van der Waals surface area contributed by atoms with Crippen molar-refractivity contribution >= 4 is 39.1 Å². The molecule has 1 N–H and O–H groups in total. The van der Waals surface area contributed by atoms with Crippen molar-refractivity contribution in [2.24, 2.45) is 0 Å². The van der Waals surface area contributed by atoms with E-state index in [-0.39, 0.29) is 11.8 Å². The minimum Gasteiger partial charge on any atom is -0.339 e. The van der Waals surface area contributed by atoms with Crippen LogP contribution in [0, 0.1) is 0 Å². The molecule has 1 aromatic heterocycles. The first-order valence-electron chi connectivity index (χ1n) is 9.27. The summed E-state index contributed by atoms with van der Waals surface area (Å²) in [6, 6.07) is 14.8. The molecule has 1 aliphatic rings. The molecule has 1 aliphatic heterocycles. The molecule has 2 aromatic carbocycles. The lowest BCUT2D eigenvalue weighted by atomic mass is 10.1. The number of nitrogens with one attached hydrogen (secondary N) is 1. The van der Waals surface area contributed by atoms with E-state index in [9.17, 15) is 9.59 Å². The first-order valence-corrected chi connectivity index (χ1v) is 10.0. The van der Waals surface area contributed by atoms with Gasteiger partial charge < -0.3 is 10.2 Å². The van der Waals surface area contributed by atoms with Gasteiger partial charge in [-0.3, -0.25) is 9.59 Å². The SMILES string of the molecule is O=C(Nc1ccc(C(=O)N2CCCCCC2)cc1)c1nsc2ccccc12. The predicted octanol–water partition coefficient (Wildman–Crippen LogP) is 4.56. The van der Waals surface area contributed by atoms with Crippen molar-refractivity contribution in [3.8, 4) is 0 Å². The lowest BCUT2D eigenvalue weighted by Gasteiger charge is -2.20. The summed E-state index contributed by atoms with van der Waals surface area (Å²) in [5, 5.41) is 3.73. The Kier molecular flexibility index (Phi) is 5.16. The third-order valence-electron chi connectivity index (χ3n) is 4.88. The van der Waals surface area contributed by atoms with Gasteiger partial charge in [0, 0.05) is 29.7 Å². The first-order chi connectivity index (χ1) is 13.2. The van der Waals surface area contributed by atoms with E-state index in [1.54, 1.807) is 24.3 Å². The molecule has 6 heteroatoms. The summed E-state index contributed by atoms with van der Waals surface area (Å²) in [5.74, 6) is -0.167. The second kappa shape index (κ2) is 7.88. The van der Waals surface area contributed by atoms with E-state index in [1.807, 2.05) is 29.2 Å². The fourth-order valence-electron chi connectivity index (χ4n) is 3.39. The highest BCUT2D eigenvalue weighted by Gasteiger charge is 2.18. The van der Waals surface area contributed by atoms with Crippen LogP contribution >= 0.6 is 11.5 Å². The third-order valence-corrected chi connectivity index (χ3v) is 5.70. The number of likely N-dealkylation sites (tertiary alicyclic amines) is 1. The molecular formula is C21H21N3O2S. The Bertz CT molecular complexity index is 957. The van der Waals surface area contributed by atoms with Crippen molar-refractivity contribution in [2.75, 3.05) is 18.4 Å². The summed E-state index contributed by atoms with van der Waals surface area (Å²) >= 11 is 1.32. The molecule has 5 nitrogen and oxygen atoms in total. The molecule has 0 unspecified atom stereocenters. The van der Waals surface area contributed by atoms with Crippen LogP contribution in [0.2, 0.25) is 0 Å². The Morgan fingerprint density at radius 3 is 2.37 bits per heavy atom. The zero-order chi connectivity index (χ0) is 18.6. The number of rotatable bonds is 3. The standard InChI is InChI=1S/C21H21N3O2S/c25-20(19-17-7-3-4-8-18(17)27-23-19)22-16-11-9-15(10-12-16)21(26)24-13-5-1-2-6-14-24/h3-4,7-12H,1-2,5-6,13-14H2,(H,22,25). The van der Waals surface area contributed by atoms with E-state index in [4.69, 9.17) is 0 Å². The molecule has 0 radical (unpaired) electrons. The average Bonchev–Trinajstić information content (AvgIpc) is 2.94. The minimum absolute atomic E-state index is 0.0697. The summed E-state index contributed by atoms with van der Waals surface area (Å²) in [4.78, 5) is 27.1. The van der Waals surface area contributed by atoms with Gasteiger partial charge in [0.15, 0.2) is 0 Å². The van der Waals surface area contributed by atoms with Gasteiger partial charge in [0.1, 0.15) is 5.69 Å². The summed E-state index contributed by atoms with van der Waals surface area (Å²) in [7, 11) is 0. The number of amides is 2. The van der Waals surface area contributed by atoms with Crippen LogP contribution in [0.4, 0.5) is 5.69 Å². The lowest BCUT2D eigenvalue weighted by Crippen LogP contribution is -2.31. The number of hydrogen-bond acceptors (Lipinski definition) is 4. The van der Waals surface area contributed by atoms with Gasteiger partial charge in [-0.15, -0.1) is 0 Å². The van der Waals surface area contributed by atoms with Gasteiger partial charge in [-0.1, -0.05) is 31.0 Å². The van der Waals surface area contributed by atoms with Crippen LogP contribution in [0.3, 0.4) is 0 Å². The Balaban J connectivity index is 1.46. The number of hydrogen-bond donors (Lipinski definition) is 1. The van der Waals surface area contributed by atoms with E-state index in [0.717, 1.165) is 36.0 Å². The third kappa shape index (κ3) is 3.85. The molecular weight excluding hydrogens is 358 g/mol. The van der Waals surface area contributed by atoms with Crippen LogP contribution in [0.5, 0.6) is 0 Å². The molecule has 3 aromatic rings. The quantitative estimate of drug-likeness (QED) is 0.725. The predicted molar refractivity (Wildman–Crippen MR) is 108 cm³/mol. The zero-order valence-corrected chi connectivity index (χ0v) is 15.8. The molecule has 0 atom stereocenters. The molecule has 0 aliphatic carbocycles. The monoisotopic (exact) mass is 379 g/mol. The lowest BCUT2D eigenvalue weighted by molar-refractivity contribution is 0.0761. The fraction of sp³-hybridized carbons (Fsp3) is 0.286. The molecule has 138 valence electrons. The number of aromatic nitrogens is 1. The second-order valence-electron chi connectivity index (χ2n) is 6.77. The maximum absolute atomic E-state index is 12.6. The molecule has 0 spiro atoms. The Morgan fingerprint density at radius 1 is 0.926 bits per heavy atom. The number of nitrogens with zero attached hydrogens (tertiary/aromatic N) is 2. The summed E-state index contributed by atoms with van der Waals surface area (Å²) in [6.07, 6.45) is 4.53. The smallest absolute Gasteiger partial charge is 0.276 e. The maximum Gasteiger partial charge on any atom is 0.276 e. The number of benzene rings is 2. The number of fused-ring (bicyclic) bond motifs is 1. The van der Waals surface area contributed by atoms with Gasteiger partial charge in [0.2, 0.25) is 0 Å². The molecule has 4 rings (SSSR count). The molecule has 1 fully saturated rings. The van der Waals surface area contributed by atoms with Gasteiger partial charge in [-0.05, 0) is 54.7 Å². The number of carbonyl (C=O) groups excluding carboxylic acids is 2. The Hall–Kier alpha value is -2.73. The van der Waals surface area contributed by atoms with Crippen LogP contribution in [-0.4, -0.2) is 34.2 Å². The van der Waals surface area contributed by atoms with E-state index in [2.05, 4.69) is 9.69 Å². The van der Waals surface area contributed by atoms with Crippen molar-refractivity contribution in [1.29, 1.82) is 0 Å². The maximum atomic E-state index is 12.6. The van der Waals surface area contributed by atoms with Crippen molar-refractivity contribution in [3.05, 3.63) is 59.8 Å². The van der Waals surface area contributed by atoms with Crippen LogP contribution in [-0.2, 0) is 0 Å². The van der Waals surface area contributed by atoms with Crippen LogP contribution < -0.4 is 5.32 Å². The number of anilines is 1. The van der Waals surface area contributed by atoms with Crippen LogP contribution in [0.1, 0.15) is 46.5 Å². The molecule has 0 bridgehead atoms. The Morgan fingerprint density at radius 2 is 1.63 bits per heavy atom. The van der Waals surface area contributed by atoms with Crippen molar-refractivity contribution < 1.29 is 9.59 Å². The summed E-state index contributed by atoms with van der Waals surface area (Å²) in [5.41, 5.74) is 1.75. The normalized spacial score (nSPS) is 14.7. The van der Waals surface area contributed by atoms with Crippen LogP contribution in [0.25, 0.3) is 10.1 Å². The second-order valence-corrected chi connectivity index (χ2v) is 7.57. The van der Waals surface area contributed by atoms with Gasteiger partial charge >= 0.3 is 0 Å². The van der Waals surface area contributed by atoms with Gasteiger partial charge in [0.25, 0.3) is 11.8 Å². The van der Waals surface area contributed by atoms with E-state index in [1.165, 1.54) is 24.4 Å². The minimum atomic E-state index is -0.237. The first kappa shape index (κ1) is 17.7. The average molecular weight is 379 g/mol. The van der Waals surface area contributed by atoms with Crippen molar-refractivity contribution in [1.82, 2.24) is 9.27 Å². The fourth-order valence-corrected chi connectivity index (χ4v) is 4.17. The van der Waals surface area contributed by atoms with Crippen molar-refractivity contribution in [2.45, 2.75) is 25.7 Å². The highest BCUT2D eigenvalue weighted by atomic mass is 32.1. The molecule has 27 heavy (non-hydrogen) atoms. The van der Waals surface area contributed by atoms with Gasteiger partial charge in [-0.25, -0.2) is 0 Å². The van der Waals surface area contributed by atoms with E-state index < -0.39 is 0 Å². The zero-order valence-electron chi connectivity index (χ0n) is 15.0.